The fraction of sp³-hybridized carbons (Fsp3) is 0.455. The molecule has 1 aromatic rings. The molecular weight excluding hydrogens is 203 g/mol. The third-order valence-electron chi connectivity index (χ3n) is 2.60. The molecule has 1 unspecified atom stereocenters. The number of benzene rings is 1. The maximum Gasteiger partial charge on any atom is 0.142 e. The number of halogens is 2. The summed E-state index contributed by atoms with van der Waals surface area (Å²) in [6.07, 6.45) is 2.39. The summed E-state index contributed by atoms with van der Waals surface area (Å²) in [7, 11) is 0. The summed E-state index contributed by atoms with van der Waals surface area (Å²) in [5.74, 6) is 0.0147. The average molecular weight is 215 g/mol. The van der Waals surface area contributed by atoms with E-state index >= 15 is 0 Å². The smallest absolute Gasteiger partial charge is 0.142 e. The Bertz CT molecular complexity index is 336. The van der Waals surface area contributed by atoms with Gasteiger partial charge in [-0.1, -0.05) is 17.7 Å². The first-order valence-corrected chi connectivity index (χ1v) is 5.16. The van der Waals surface area contributed by atoms with Crippen LogP contribution >= 0.6 is 11.6 Å². The van der Waals surface area contributed by atoms with Crippen LogP contribution in [0.2, 0.25) is 5.02 Å². The Kier molecular flexibility index (Phi) is 2.75. The van der Waals surface area contributed by atoms with Crippen molar-refractivity contribution >= 4 is 11.6 Å². The summed E-state index contributed by atoms with van der Waals surface area (Å²) in [4.78, 5) is 0. The normalized spacial score (nSPS) is 18.2. The molecule has 1 fully saturated rings. The zero-order valence-electron chi connectivity index (χ0n) is 7.71. The predicted molar refractivity (Wildman–Crippen MR) is 53.8 cm³/mol. The van der Waals surface area contributed by atoms with Crippen LogP contribution in [0.4, 0.5) is 4.39 Å². The lowest BCUT2D eigenvalue weighted by Crippen LogP contribution is -2.12. The molecule has 2 rings (SSSR count). The number of aliphatic hydroxyl groups excluding tert-OH is 1. The first kappa shape index (κ1) is 9.94. The van der Waals surface area contributed by atoms with Crippen molar-refractivity contribution in [2.24, 2.45) is 5.92 Å². The van der Waals surface area contributed by atoms with Crippen LogP contribution in [-0.2, 0) is 6.42 Å². The monoisotopic (exact) mass is 214 g/mol. The molecule has 76 valence electrons. The van der Waals surface area contributed by atoms with Crippen LogP contribution in [-0.4, -0.2) is 11.2 Å². The summed E-state index contributed by atoms with van der Waals surface area (Å²) in [6, 6.07) is 4.69. The van der Waals surface area contributed by atoms with Gasteiger partial charge in [-0.05, 0) is 42.9 Å². The fourth-order valence-electron chi connectivity index (χ4n) is 1.56. The molecule has 1 aliphatic rings. The molecule has 1 saturated carbocycles. The van der Waals surface area contributed by atoms with Crippen molar-refractivity contribution in [2.45, 2.75) is 25.4 Å². The molecule has 1 aliphatic carbocycles. The molecule has 0 aliphatic heterocycles. The van der Waals surface area contributed by atoms with Gasteiger partial charge in [-0.15, -0.1) is 0 Å². The minimum Gasteiger partial charge on any atom is -0.392 e. The van der Waals surface area contributed by atoms with E-state index in [1.807, 2.05) is 0 Å². The van der Waals surface area contributed by atoms with Crippen LogP contribution < -0.4 is 0 Å². The summed E-state index contributed by atoms with van der Waals surface area (Å²) in [5.41, 5.74) is 0.811. The lowest BCUT2D eigenvalue weighted by molar-refractivity contribution is 0.151. The highest BCUT2D eigenvalue weighted by molar-refractivity contribution is 6.30. The van der Waals surface area contributed by atoms with E-state index in [2.05, 4.69) is 0 Å². The lowest BCUT2D eigenvalue weighted by Gasteiger charge is -2.09. The van der Waals surface area contributed by atoms with E-state index in [1.165, 1.54) is 12.1 Å². The zero-order valence-corrected chi connectivity index (χ0v) is 8.47. The highest BCUT2D eigenvalue weighted by atomic mass is 35.5. The van der Waals surface area contributed by atoms with Gasteiger partial charge in [0.15, 0.2) is 0 Å². The van der Waals surface area contributed by atoms with Crippen LogP contribution in [0.1, 0.15) is 18.4 Å². The van der Waals surface area contributed by atoms with Crippen LogP contribution in [0.3, 0.4) is 0 Å². The lowest BCUT2D eigenvalue weighted by atomic mass is 10.0. The quantitative estimate of drug-likeness (QED) is 0.821. The summed E-state index contributed by atoms with van der Waals surface area (Å²) < 4.78 is 13.0. The summed E-state index contributed by atoms with van der Waals surface area (Å²) in [5, 5.41) is 9.78. The number of hydrogen-bond donors (Lipinski definition) is 1. The second-order valence-electron chi connectivity index (χ2n) is 3.86. The van der Waals surface area contributed by atoms with Crippen molar-refractivity contribution in [1.82, 2.24) is 0 Å². The third-order valence-corrected chi connectivity index (χ3v) is 2.90. The molecule has 0 heterocycles. The number of hydrogen-bond acceptors (Lipinski definition) is 1. The van der Waals surface area contributed by atoms with Crippen molar-refractivity contribution in [3.63, 3.8) is 0 Å². The molecular formula is C11H12ClFO. The van der Waals surface area contributed by atoms with Gasteiger partial charge in [0.1, 0.15) is 5.82 Å². The molecule has 0 aromatic heterocycles. The molecule has 1 aromatic carbocycles. The SMILES string of the molecule is OC(Cc1ccc(Cl)c(F)c1)C1CC1. The molecule has 1 N–H and O–H groups in total. The molecule has 0 radical (unpaired) electrons. The molecule has 0 bridgehead atoms. The summed E-state index contributed by atoms with van der Waals surface area (Å²) in [6.45, 7) is 0. The number of aliphatic hydroxyl groups is 1. The topological polar surface area (TPSA) is 20.2 Å². The van der Waals surface area contributed by atoms with E-state index in [-0.39, 0.29) is 11.1 Å². The molecule has 0 saturated heterocycles. The van der Waals surface area contributed by atoms with Gasteiger partial charge < -0.3 is 5.11 Å². The van der Waals surface area contributed by atoms with Crippen molar-refractivity contribution in [1.29, 1.82) is 0 Å². The van der Waals surface area contributed by atoms with Gasteiger partial charge in [0, 0.05) is 0 Å². The van der Waals surface area contributed by atoms with Gasteiger partial charge in [0.2, 0.25) is 0 Å². The van der Waals surface area contributed by atoms with Gasteiger partial charge in [-0.2, -0.15) is 0 Å². The average Bonchev–Trinajstić information content (AvgIpc) is 2.94. The van der Waals surface area contributed by atoms with Gasteiger partial charge in [0.25, 0.3) is 0 Å². The van der Waals surface area contributed by atoms with E-state index in [9.17, 15) is 9.50 Å². The van der Waals surface area contributed by atoms with Crippen molar-refractivity contribution in [2.75, 3.05) is 0 Å². The Morgan fingerprint density at radius 3 is 2.79 bits per heavy atom. The standard InChI is InChI=1S/C11H12ClFO/c12-9-4-1-7(5-10(9)13)6-11(14)8-2-3-8/h1,4-5,8,11,14H,2-3,6H2. The van der Waals surface area contributed by atoms with Gasteiger partial charge >= 0.3 is 0 Å². The molecule has 3 heteroatoms. The Morgan fingerprint density at radius 1 is 1.50 bits per heavy atom. The predicted octanol–water partition coefficient (Wildman–Crippen LogP) is 2.79. The van der Waals surface area contributed by atoms with Crippen molar-refractivity contribution < 1.29 is 9.50 Å². The van der Waals surface area contributed by atoms with Gasteiger partial charge in [-0.25, -0.2) is 4.39 Å². The highest BCUT2D eigenvalue weighted by Crippen LogP contribution is 2.34. The van der Waals surface area contributed by atoms with Crippen LogP contribution in [0.5, 0.6) is 0 Å². The maximum absolute atomic E-state index is 13.0. The molecule has 0 spiro atoms. The minimum absolute atomic E-state index is 0.134. The first-order valence-electron chi connectivity index (χ1n) is 4.79. The second kappa shape index (κ2) is 3.87. The maximum atomic E-state index is 13.0. The van der Waals surface area contributed by atoms with Crippen LogP contribution in [0.15, 0.2) is 18.2 Å². The molecule has 1 nitrogen and oxygen atoms in total. The fourth-order valence-corrected chi connectivity index (χ4v) is 1.67. The van der Waals surface area contributed by atoms with Gasteiger partial charge in [-0.3, -0.25) is 0 Å². The summed E-state index contributed by atoms with van der Waals surface area (Å²) >= 11 is 5.55. The van der Waals surface area contributed by atoms with Crippen LogP contribution in [0, 0.1) is 11.7 Å². The van der Waals surface area contributed by atoms with E-state index in [4.69, 9.17) is 11.6 Å². The Labute approximate surface area is 87.5 Å². The van der Waals surface area contributed by atoms with Gasteiger partial charge in [0.05, 0.1) is 11.1 Å². The van der Waals surface area contributed by atoms with E-state index in [0.717, 1.165) is 18.4 Å². The first-order chi connectivity index (χ1) is 6.66. The number of rotatable bonds is 3. The minimum atomic E-state index is -0.410. The highest BCUT2D eigenvalue weighted by Gasteiger charge is 2.29. The van der Waals surface area contributed by atoms with E-state index < -0.39 is 5.82 Å². The van der Waals surface area contributed by atoms with Crippen LogP contribution in [0.25, 0.3) is 0 Å². The second-order valence-corrected chi connectivity index (χ2v) is 4.26. The molecule has 0 amide bonds. The molecule has 1 atom stereocenters. The van der Waals surface area contributed by atoms with E-state index in [1.54, 1.807) is 6.07 Å². The molecule has 14 heavy (non-hydrogen) atoms. The Morgan fingerprint density at radius 2 is 2.21 bits per heavy atom. The van der Waals surface area contributed by atoms with E-state index in [0.29, 0.717) is 12.3 Å². The Hall–Kier alpha value is -0.600. The third kappa shape index (κ3) is 2.25. The Balaban J connectivity index is 2.04. The largest absolute Gasteiger partial charge is 0.392 e. The van der Waals surface area contributed by atoms with Crippen molar-refractivity contribution in [3.05, 3.63) is 34.6 Å². The van der Waals surface area contributed by atoms with Crippen molar-refractivity contribution in [3.8, 4) is 0 Å². The zero-order chi connectivity index (χ0) is 10.1.